The van der Waals surface area contributed by atoms with Gasteiger partial charge in [0.05, 0.1) is 50.2 Å². The van der Waals surface area contributed by atoms with Crippen molar-refractivity contribution < 1.29 is 0 Å². The zero-order chi connectivity index (χ0) is 35.0. The number of nitriles is 1. The quantitative estimate of drug-likeness (QED) is 0.186. The summed E-state index contributed by atoms with van der Waals surface area (Å²) in [5, 5.41) is 15.4. The Hall–Kier alpha value is -7.42. The van der Waals surface area contributed by atoms with Crippen LogP contribution in [0.2, 0.25) is 0 Å². The molecule has 0 fully saturated rings. The molecular formula is C48H29N5. The van der Waals surface area contributed by atoms with E-state index in [4.69, 9.17) is 4.98 Å². The van der Waals surface area contributed by atoms with Gasteiger partial charge in [0.2, 0.25) is 0 Å². The molecule has 0 atom stereocenters. The van der Waals surface area contributed by atoms with E-state index in [2.05, 4.69) is 171 Å². The van der Waals surface area contributed by atoms with Gasteiger partial charge in [-0.1, -0.05) is 78.9 Å². The highest BCUT2D eigenvalue weighted by molar-refractivity contribution is 6.25. The summed E-state index contributed by atoms with van der Waals surface area (Å²) in [5.74, 6) is 0. The number of rotatable bonds is 4. The maximum atomic E-state index is 9.65. The average Bonchev–Trinajstić information content (AvgIpc) is 3.87. The number of benzene rings is 7. The van der Waals surface area contributed by atoms with Crippen LogP contribution in [0.15, 0.2) is 176 Å². The Labute approximate surface area is 304 Å². The summed E-state index contributed by atoms with van der Waals surface area (Å²) < 4.78 is 7.07. The summed E-state index contributed by atoms with van der Waals surface area (Å²) in [4.78, 5) is 4.94. The van der Waals surface area contributed by atoms with Crippen molar-refractivity contribution in [1.29, 1.82) is 5.26 Å². The third-order valence-electron chi connectivity index (χ3n) is 10.7. The predicted octanol–water partition coefficient (Wildman–Crippen LogP) is 11.9. The van der Waals surface area contributed by atoms with Crippen LogP contribution in [0.1, 0.15) is 5.56 Å². The summed E-state index contributed by atoms with van der Waals surface area (Å²) in [5.41, 5.74) is 13.9. The van der Waals surface area contributed by atoms with Crippen LogP contribution in [0.25, 0.3) is 93.7 Å². The molecule has 246 valence electrons. The number of aromatic nitrogens is 4. The normalized spacial score (nSPS) is 11.8. The topological polar surface area (TPSA) is 51.5 Å². The number of hydrogen-bond acceptors (Lipinski definition) is 2. The van der Waals surface area contributed by atoms with Crippen LogP contribution in [0.4, 0.5) is 0 Å². The predicted molar refractivity (Wildman–Crippen MR) is 217 cm³/mol. The molecule has 5 heteroatoms. The molecule has 11 aromatic rings. The van der Waals surface area contributed by atoms with Gasteiger partial charge >= 0.3 is 0 Å². The zero-order valence-corrected chi connectivity index (χ0v) is 28.5. The van der Waals surface area contributed by atoms with Crippen LogP contribution in [-0.4, -0.2) is 18.7 Å². The van der Waals surface area contributed by atoms with Gasteiger partial charge in [-0.25, -0.2) is 0 Å². The molecule has 0 saturated heterocycles. The summed E-state index contributed by atoms with van der Waals surface area (Å²) in [6.07, 6.45) is 1.89. The first-order valence-electron chi connectivity index (χ1n) is 17.8. The Morgan fingerprint density at radius 3 is 1.79 bits per heavy atom. The molecule has 4 heterocycles. The minimum Gasteiger partial charge on any atom is -0.309 e. The summed E-state index contributed by atoms with van der Waals surface area (Å²) in [6.45, 7) is 0. The minimum atomic E-state index is 0.660. The molecule has 0 bridgehead atoms. The number of para-hydroxylation sites is 3. The second-order valence-corrected chi connectivity index (χ2v) is 13.5. The van der Waals surface area contributed by atoms with Crippen molar-refractivity contribution in [3.05, 3.63) is 182 Å². The Bertz CT molecular complexity index is 3300. The molecule has 0 spiro atoms. The molecule has 53 heavy (non-hydrogen) atoms. The molecule has 7 aromatic carbocycles. The van der Waals surface area contributed by atoms with E-state index in [0.717, 1.165) is 77.4 Å². The molecule has 5 nitrogen and oxygen atoms in total. The van der Waals surface area contributed by atoms with Gasteiger partial charge in [-0.15, -0.1) is 0 Å². The standard InChI is InChI=1S/C48H29N5/c49-30-31-22-24-43-40(27-31)37-17-4-6-19-41(37)52(43)35-15-8-11-32(28-35)33-12-9-16-36(29-33)53-45-21-10-26-50-47(45)39-23-25-44-46(48(39)53)38-18-5-7-20-42(38)51(44)34-13-2-1-3-14-34/h1-29H. The molecule has 0 aliphatic rings. The van der Waals surface area contributed by atoms with Crippen LogP contribution < -0.4 is 0 Å². The van der Waals surface area contributed by atoms with E-state index in [1.807, 2.05) is 24.4 Å². The first kappa shape index (κ1) is 29.3. The number of hydrogen-bond donors (Lipinski definition) is 0. The van der Waals surface area contributed by atoms with Gasteiger partial charge in [-0.3, -0.25) is 4.98 Å². The molecular weight excluding hydrogens is 647 g/mol. The second-order valence-electron chi connectivity index (χ2n) is 13.5. The third kappa shape index (κ3) is 4.27. The fourth-order valence-corrected chi connectivity index (χ4v) is 8.46. The third-order valence-corrected chi connectivity index (χ3v) is 10.7. The first-order chi connectivity index (χ1) is 26.3. The molecule has 0 aliphatic heterocycles. The average molecular weight is 676 g/mol. The lowest BCUT2D eigenvalue weighted by Crippen LogP contribution is -1.96. The lowest BCUT2D eigenvalue weighted by atomic mass is 10.0. The second kappa shape index (κ2) is 11.3. The van der Waals surface area contributed by atoms with Crippen molar-refractivity contribution >= 4 is 65.5 Å². The minimum absolute atomic E-state index is 0.660. The van der Waals surface area contributed by atoms with Crippen molar-refractivity contribution in [2.75, 3.05) is 0 Å². The number of fused-ring (bicyclic) bond motifs is 10. The fourth-order valence-electron chi connectivity index (χ4n) is 8.46. The Morgan fingerprint density at radius 2 is 1.02 bits per heavy atom. The van der Waals surface area contributed by atoms with Crippen molar-refractivity contribution in [2.24, 2.45) is 0 Å². The van der Waals surface area contributed by atoms with Crippen LogP contribution in [0, 0.1) is 11.3 Å². The summed E-state index contributed by atoms with van der Waals surface area (Å²) >= 11 is 0. The molecule has 0 amide bonds. The SMILES string of the molecule is N#Cc1ccc2c(c1)c1ccccc1n2-c1cccc(-c2cccc(-n3c4cccnc4c4ccc5c(c6ccccc6n5-c5ccccc5)c43)c2)c1. The highest BCUT2D eigenvalue weighted by Crippen LogP contribution is 2.42. The van der Waals surface area contributed by atoms with E-state index in [1.54, 1.807) is 0 Å². The Balaban J connectivity index is 1.15. The lowest BCUT2D eigenvalue weighted by Gasteiger charge is -2.13. The highest BCUT2D eigenvalue weighted by atomic mass is 15.0. The van der Waals surface area contributed by atoms with Gasteiger partial charge in [0, 0.05) is 50.2 Å². The summed E-state index contributed by atoms with van der Waals surface area (Å²) in [6, 6.07) is 62.3. The molecule has 0 radical (unpaired) electrons. The van der Waals surface area contributed by atoms with Crippen LogP contribution >= 0.6 is 0 Å². The van der Waals surface area contributed by atoms with Crippen LogP contribution in [0.5, 0.6) is 0 Å². The molecule has 4 aromatic heterocycles. The van der Waals surface area contributed by atoms with E-state index in [1.165, 1.54) is 16.3 Å². The highest BCUT2D eigenvalue weighted by Gasteiger charge is 2.21. The van der Waals surface area contributed by atoms with Crippen LogP contribution in [-0.2, 0) is 0 Å². The molecule has 11 rings (SSSR count). The lowest BCUT2D eigenvalue weighted by molar-refractivity contribution is 1.17. The van der Waals surface area contributed by atoms with E-state index >= 15 is 0 Å². The van der Waals surface area contributed by atoms with E-state index in [9.17, 15) is 5.26 Å². The van der Waals surface area contributed by atoms with Gasteiger partial charge in [-0.2, -0.15) is 5.26 Å². The van der Waals surface area contributed by atoms with Gasteiger partial charge in [0.25, 0.3) is 0 Å². The van der Waals surface area contributed by atoms with E-state index in [0.29, 0.717) is 5.56 Å². The zero-order valence-electron chi connectivity index (χ0n) is 28.5. The molecule has 0 unspecified atom stereocenters. The van der Waals surface area contributed by atoms with E-state index in [-0.39, 0.29) is 0 Å². The van der Waals surface area contributed by atoms with Gasteiger partial charge < -0.3 is 13.7 Å². The van der Waals surface area contributed by atoms with Crippen molar-refractivity contribution in [3.63, 3.8) is 0 Å². The first-order valence-corrected chi connectivity index (χ1v) is 17.8. The maximum Gasteiger partial charge on any atom is 0.0991 e. The maximum absolute atomic E-state index is 9.65. The summed E-state index contributed by atoms with van der Waals surface area (Å²) in [7, 11) is 0. The van der Waals surface area contributed by atoms with Crippen molar-refractivity contribution in [1.82, 2.24) is 18.7 Å². The number of pyridine rings is 1. The smallest absolute Gasteiger partial charge is 0.0991 e. The Kier molecular flexibility index (Phi) is 6.25. The van der Waals surface area contributed by atoms with Gasteiger partial charge in [0.1, 0.15) is 0 Å². The molecule has 0 aliphatic carbocycles. The van der Waals surface area contributed by atoms with Crippen molar-refractivity contribution in [3.8, 4) is 34.3 Å². The Morgan fingerprint density at radius 1 is 0.415 bits per heavy atom. The largest absolute Gasteiger partial charge is 0.309 e. The van der Waals surface area contributed by atoms with Gasteiger partial charge in [-0.05, 0) is 102 Å². The van der Waals surface area contributed by atoms with Gasteiger partial charge in [0.15, 0.2) is 0 Å². The van der Waals surface area contributed by atoms with E-state index < -0.39 is 0 Å². The number of nitrogens with zero attached hydrogens (tertiary/aromatic N) is 5. The van der Waals surface area contributed by atoms with Crippen molar-refractivity contribution in [2.45, 2.75) is 0 Å². The molecule has 0 saturated carbocycles. The molecule has 0 N–H and O–H groups in total. The van der Waals surface area contributed by atoms with Crippen LogP contribution in [0.3, 0.4) is 0 Å². The fraction of sp³-hybridized carbons (Fsp3) is 0. The monoisotopic (exact) mass is 675 g/mol.